The van der Waals surface area contributed by atoms with Gasteiger partial charge in [-0.25, -0.2) is 0 Å². The number of hydrogen-bond donors (Lipinski definition) is 0. The predicted octanol–water partition coefficient (Wildman–Crippen LogP) is 3.96. The molecule has 0 saturated heterocycles. The van der Waals surface area contributed by atoms with Crippen molar-refractivity contribution in [2.75, 3.05) is 6.61 Å². The van der Waals surface area contributed by atoms with Crippen molar-refractivity contribution in [2.24, 2.45) is 5.41 Å². The number of rotatable bonds is 6. The molecule has 0 unspecified atom stereocenters. The van der Waals surface area contributed by atoms with Crippen molar-refractivity contribution in [1.29, 1.82) is 0 Å². The minimum Gasteiger partial charge on any atom is -0.460 e. The standard InChI is InChI=1S/C17H26O3/c1-16(2,3)20-15(18)17(4,5)11-12-19-13-14-9-7-6-8-10-14/h6-10H,11-13H2,1-5H3. The highest BCUT2D eigenvalue weighted by Crippen LogP contribution is 2.25. The van der Waals surface area contributed by atoms with E-state index in [0.717, 1.165) is 5.56 Å². The number of benzene rings is 1. The summed E-state index contributed by atoms with van der Waals surface area (Å²) in [4.78, 5) is 12.1. The Morgan fingerprint density at radius 2 is 1.65 bits per heavy atom. The molecule has 3 nitrogen and oxygen atoms in total. The molecule has 0 amide bonds. The second-order valence-electron chi connectivity index (χ2n) is 6.67. The van der Waals surface area contributed by atoms with Gasteiger partial charge in [-0.1, -0.05) is 30.3 Å². The van der Waals surface area contributed by atoms with Crippen molar-refractivity contribution in [1.82, 2.24) is 0 Å². The van der Waals surface area contributed by atoms with Crippen molar-refractivity contribution in [3.63, 3.8) is 0 Å². The zero-order valence-electron chi connectivity index (χ0n) is 13.2. The largest absolute Gasteiger partial charge is 0.460 e. The van der Waals surface area contributed by atoms with Crippen LogP contribution in [0.3, 0.4) is 0 Å². The number of esters is 1. The molecule has 1 aromatic carbocycles. The van der Waals surface area contributed by atoms with E-state index in [9.17, 15) is 4.79 Å². The summed E-state index contributed by atoms with van der Waals surface area (Å²) in [6.07, 6.45) is 0.648. The smallest absolute Gasteiger partial charge is 0.312 e. The van der Waals surface area contributed by atoms with E-state index < -0.39 is 11.0 Å². The molecule has 0 N–H and O–H groups in total. The fourth-order valence-electron chi connectivity index (χ4n) is 1.61. The minimum absolute atomic E-state index is 0.173. The molecule has 20 heavy (non-hydrogen) atoms. The maximum atomic E-state index is 12.1. The highest BCUT2D eigenvalue weighted by atomic mass is 16.6. The van der Waals surface area contributed by atoms with Crippen LogP contribution >= 0.6 is 0 Å². The average Bonchev–Trinajstić information content (AvgIpc) is 2.34. The van der Waals surface area contributed by atoms with E-state index in [4.69, 9.17) is 9.47 Å². The Morgan fingerprint density at radius 3 is 2.20 bits per heavy atom. The normalized spacial score (nSPS) is 12.2. The second kappa shape index (κ2) is 6.89. The number of carbonyl (C=O) groups is 1. The van der Waals surface area contributed by atoms with Crippen LogP contribution in [0.5, 0.6) is 0 Å². The van der Waals surface area contributed by atoms with Gasteiger partial charge in [-0.15, -0.1) is 0 Å². The summed E-state index contributed by atoms with van der Waals surface area (Å²) in [6.45, 7) is 10.6. The van der Waals surface area contributed by atoms with Gasteiger partial charge in [0.1, 0.15) is 5.60 Å². The molecule has 0 aromatic heterocycles. The van der Waals surface area contributed by atoms with E-state index >= 15 is 0 Å². The van der Waals surface area contributed by atoms with E-state index in [-0.39, 0.29) is 5.97 Å². The molecule has 0 bridgehead atoms. The molecular weight excluding hydrogens is 252 g/mol. The molecule has 1 rings (SSSR count). The topological polar surface area (TPSA) is 35.5 Å². The fourth-order valence-corrected chi connectivity index (χ4v) is 1.61. The molecule has 0 atom stereocenters. The first kappa shape index (κ1) is 16.7. The van der Waals surface area contributed by atoms with E-state index in [1.165, 1.54) is 0 Å². The third-order valence-corrected chi connectivity index (χ3v) is 2.93. The van der Waals surface area contributed by atoms with Crippen LogP contribution in [0.25, 0.3) is 0 Å². The van der Waals surface area contributed by atoms with Crippen molar-refractivity contribution in [3.8, 4) is 0 Å². The predicted molar refractivity (Wildman–Crippen MR) is 80.3 cm³/mol. The fraction of sp³-hybridized carbons (Fsp3) is 0.588. The van der Waals surface area contributed by atoms with Gasteiger partial charge in [0.2, 0.25) is 0 Å². The molecule has 0 spiro atoms. The Kier molecular flexibility index (Phi) is 5.75. The van der Waals surface area contributed by atoms with E-state index in [1.807, 2.05) is 65.0 Å². The summed E-state index contributed by atoms with van der Waals surface area (Å²) in [5.74, 6) is -0.173. The van der Waals surface area contributed by atoms with Crippen LogP contribution in [0.15, 0.2) is 30.3 Å². The van der Waals surface area contributed by atoms with Crippen LogP contribution in [0, 0.1) is 5.41 Å². The van der Waals surface area contributed by atoms with Gasteiger partial charge >= 0.3 is 5.97 Å². The van der Waals surface area contributed by atoms with Gasteiger partial charge in [-0.2, -0.15) is 0 Å². The number of ether oxygens (including phenoxy) is 2. The van der Waals surface area contributed by atoms with Crippen molar-refractivity contribution < 1.29 is 14.3 Å². The Balaban J connectivity index is 2.34. The molecule has 1 aromatic rings. The maximum Gasteiger partial charge on any atom is 0.312 e. The van der Waals surface area contributed by atoms with Gasteiger partial charge in [0.05, 0.1) is 12.0 Å². The summed E-state index contributed by atoms with van der Waals surface area (Å²) < 4.78 is 11.1. The molecule has 0 radical (unpaired) electrons. The summed E-state index contributed by atoms with van der Waals surface area (Å²) in [6, 6.07) is 10.0. The lowest BCUT2D eigenvalue weighted by Gasteiger charge is -2.28. The van der Waals surface area contributed by atoms with Crippen LogP contribution in [-0.4, -0.2) is 18.2 Å². The molecule has 0 aliphatic heterocycles. The van der Waals surface area contributed by atoms with Crippen LogP contribution in [-0.2, 0) is 20.9 Å². The average molecular weight is 278 g/mol. The van der Waals surface area contributed by atoms with E-state index in [2.05, 4.69) is 0 Å². The molecule has 3 heteroatoms. The number of carbonyl (C=O) groups excluding carboxylic acids is 1. The molecule has 0 fully saturated rings. The monoisotopic (exact) mass is 278 g/mol. The second-order valence-corrected chi connectivity index (χ2v) is 6.67. The maximum absolute atomic E-state index is 12.1. The zero-order chi connectivity index (χ0) is 15.2. The third kappa shape index (κ3) is 6.20. The van der Waals surface area contributed by atoms with Crippen LogP contribution in [0.4, 0.5) is 0 Å². The quantitative estimate of drug-likeness (QED) is 0.583. The SMILES string of the molecule is CC(C)(C)OC(=O)C(C)(C)CCOCc1ccccc1. The molecular formula is C17H26O3. The highest BCUT2D eigenvalue weighted by molar-refractivity contribution is 5.76. The molecule has 0 heterocycles. The lowest BCUT2D eigenvalue weighted by molar-refractivity contribution is -0.166. The summed E-state index contributed by atoms with van der Waals surface area (Å²) in [5, 5.41) is 0. The van der Waals surface area contributed by atoms with Crippen LogP contribution in [0.2, 0.25) is 0 Å². The Morgan fingerprint density at radius 1 is 1.05 bits per heavy atom. The van der Waals surface area contributed by atoms with Gasteiger partial charge in [0.15, 0.2) is 0 Å². The Hall–Kier alpha value is -1.35. The Labute approximate surface area is 122 Å². The van der Waals surface area contributed by atoms with Crippen LogP contribution < -0.4 is 0 Å². The third-order valence-electron chi connectivity index (χ3n) is 2.93. The first-order valence-corrected chi connectivity index (χ1v) is 7.06. The van der Waals surface area contributed by atoms with Gasteiger partial charge < -0.3 is 9.47 Å². The highest BCUT2D eigenvalue weighted by Gasteiger charge is 2.32. The van der Waals surface area contributed by atoms with Gasteiger partial charge in [0, 0.05) is 6.61 Å². The van der Waals surface area contributed by atoms with Gasteiger partial charge in [0.25, 0.3) is 0 Å². The van der Waals surface area contributed by atoms with Gasteiger partial charge in [-0.3, -0.25) is 4.79 Å². The lowest BCUT2D eigenvalue weighted by atomic mass is 9.89. The summed E-state index contributed by atoms with van der Waals surface area (Å²) in [7, 11) is 0. The minimum atomic E-state index is -0.524. The van der Waals surface area contributed by atoms with E-state index in [0.29, 0.717) is 19.6 Å². The van der Waals surface area contributed by atoms with Crippen LogP contribution in [0.1, 0.15) is 46.6 Å². The van der Waals surface area contributed by atoms with Crippen molar-refractivity contribution in [3.05, 3.63) is 35.9 Å². The molecule has 0 saturated carbocycles. The van der Waals surface area contributed by atoms with Crippen molar-refractivity contribution in [2.45, 2.75) is 53.2 Å². The Bertz CT molecular complexity index is 416. The zero-order valence-corrected chi connectivity index (χ0v) is 13.2. The summed E-state index contributed by atoms with van der Waals surface area (Å²) in [5.41, 5.74) is 0.172. The lowest BCUT2D eigenvalue weighted by Crippen LogP contribution is -2.34. The van der Waals surface area contributed by atoms with E-state index in [1.54, 1.807) is 0 Å². The summed E-state index contributed by atoms with van der Waals surface area (Å²) >= 11 is 0. The first-order chi connectivity index (χ1) is 9.21. The molecule has 0 aliphatic carbocycles. The van der Waals surface area contributed by atoms with Gasteiger partial charge in [-0.05, 0) is 46.6 Å². The number of hydrogen-bond acceptors (Lipinski definition) is 3. The molecule has 112 valence electrons. The molecule has 0 aliphatic rings. The van der Waals surface area contributed by atoms with Crippen molar-refractivity contribution >= 4 is 5.97 Å². The first-order valence-electron chi connectivity index (χ1n) is 7.06.